The molecule has 0 radical (unpaired) electrons. The Morgan fingerprint density at radius 3 is 1.76 bits per heavy atom. The Labute approximate surface area is 194 Å². The molecular formula is C26H30N4O3. The fraction of sp³-hybridized carbons (Fsp3) is 0.231. The SMILES string of the molecule is CN(C)c1ccc(NC(=O)N(C(=O)C[C@@H](O)c2ccccc2)c2ccc(N(C)C)cc2)cc1. The highest BCUT2D eigenvalue weighted by Crippen LogP contribution is 2.25. The quantitative estimate of drug-likeness (QED) is 0.559. The monoisotopic (exact) mass is 446 g/mol. The Kier molecular flexibility index (Phi) is 7.69. The maximum Gasteiger partial charge on any atom is 0.333 e. The molecule has 0 saturated carbocycles. The van der Waals surface area contributed by atoms with Crippen LogP contribution in [0.2, 0.25) is 0 Å². The molecule has 3 amide bonds. The average molecular weight is 447 g/mol. The second kappa shape index (κ2) is 10.7. The third kappa shape index (κ3) is 6.11. The van der Waals surface area contributed by atoms with Crippen molar-refractivity contribution in [2.45, 2.75) is 12.5 Å². The normalized spacial score (nSPS) is 11.4. The Balaban J connectivity index is 1.85. The lowest BCUT2D eigenvalue weighted by molar-refractivity contribution is -0.119. The van der Waals surface area contributed by atoms with Crippen molar-refractivity contribution in [2.75, 3.05) is 48.2 Å². The number of imide groups is 1. The molecule has 3 aromatic rings. The molecule has 0 aliphatic carbocycles. The predicted molar refractivity (Wildman–Crippen MR) is 134 cm³/mol. The van der Waals surface area contributed by atoms with E-state index >= 15 is 0 Å². The molecule has 7 nitrogen and oxygen atoms in total. The molecule has 0 spiro atoms. The van der Waals surface area contributed by atoms with Gasteiger partial charge in [0.25, 0.3) is 0 Å². The van der Waals surface area contributed by atoms with Crippen molar-refractivity contribution in [1.82, 2.24) is 0 Å². The minimum absolute atomic E-state index is 0.230. The van der Waals surface area contributed by atoms with Crippen molar-refractivity contribution in [3.63, 3.8) is 0 Å². The van der Waals surface area contributed by atoms with E-state index in [4.69, 9.17) is 0 Å². The van der Waals surface area contributed by atoms with Crippen molar-refractivity contribution in [3.05, 3.63) is 84.4 Å². The summed E-state index contributed by atoms with van der Waals surface area (Å²) in [5.74, 6) is -0.508. The number of aliphatic hydroxyl groups is 1. The van der Waals surface area contributed by atoms with Crippen LogP contribution >= 0.6 is 0 Å². The van der Waals surface area contributed by atoms with Crippen LogP contribution in [0, 0.1) is 0 Å². The minimum Gasteiger partial charge on any atom is -0.388 e. The fourth-order valence-corrected chi connectivity index (χ4v) is 3.35. The van der Waals surface area contributed by atoms with Crippen LogP contribution < -0.4 is 20.0 Å². The molecule has 172 valence electrons. The van der Waals surface area contributed by atoms with Gasteiger partial charge in [-0.05, 0) is 54.1 Å². The molecule has 1 atom stereocenters. The second-order valence-electron chi connectivity index (χ2n) is 8.14. The zero-order chi connectivity index (χ0) is 24.0. The molecule has 0 unspecified atom stereocenters. The third-order valence-electron chi connectivity index (χ3n) is 5.26. The van der Waals surface area contributed by atoms with E-state index in [1.54, 1.807) is 48.5 Å². The second-order valence-corrected chi connectivity index (χ2v) is 8.14. The summed E-state index contributed by atoms with van der Waals surface area (Å²) in [7, 11) is 7.70. The maximum atomic E-state index is 13.2. The molecule has 33 heavy (non-hydrogen) atoms. The summed E-state index contributed by atoms with van der Waals surface area (Å²) in [6.07, 6.45) is -1.25. The first-order valence-electron chi connectivity index (χ1n) is 10.7. The largest absolute Gasteiger partial charge is 0.388 e. The number of hydrogen-bond donors (Lipinski definition) is 2. The van der Waals surface area contributed by atoms with E-state index in [1.807, 2.05) is 68.3 Å². The summed E-state index contributed by atoms with van der Waals surface area (Å²) in [5.41, 5.74) is 3.54. The molecule has 3 rings (SSSR count). The van der Waals surface area contributed by atoms with E-state index in [1.165, 1.54) is 0 Å². The molecule has 0 heterocycles. The van der Waals surface area contributed by atoms with Crippen molar-refractivity contribution in [2.24, 2.45) is 0 Å². The molecule has 0 aromatic heterocycles. The summed E-state index contributed by atoms with van der Waals surface area (Å²) < 4.78 is 0. The molecule has 0 aliphatic heterocycles. The summed E-state index contributed by atoms with van der Waals surface area (Å²) in [6.45, 7) is 0. The van der Waals surface area contributed by atoms with E-state index < -0.39 is 18.0 Å². The van der Waals surface area contributed by atoms with Crippen molar-refractivity contribution in [3.8, 4) is 0 Å². The van der Waals surface area contributed by atoms with Gasteiger partial charge < -0.3 is 20.2 Å². The first-order valence-corrected chi connectivity index (χ1v) is 10.7. The van der Waals surface area contributed by atoms with E-state index in [0.29, 0.717) is 16.9 Å². The van der Waals surface area contributed by atoms with Crippen LogP contribution in [0.15, 0.2) is 78.9 Å². The van der Waals surface area contributed by atoms with Gasteiger partial charge in [-0.2, -0.15) is 0 Å². The van der Waals surface area contributed by atoms with Gasteiger partial charge >= 0.3 is 6.03 Å². The number of nitrogens with one attached hydrogen (secondary N) is 1. The number of rotatable bonds is 7. The van der Waals surface area contributed by atoms with Crippen LogP contribution in [-0.2, 0) is 4.79 Å². The molecule has 0 aliphatic rings. The van der Waals surface area contributed by atoms with Gasteiger partial charge in [-0.3, -0.25) is 4.79 Å². The van der Waals surface area contributed by atoms with Crippen molar-refractivity contribution < 1.29 is 14.7 Å². The van der Waals surface area contributed by atoms with Crippen LogP contribution in [-0.4, -0.2) is 45.2 Å². The molecule has 7 heteroatoms. The Morgan fingerprint density at radius 1 is 0.758 bits per heavy atom. The van der Waals surface area contributed by atoms with Gasteiger partial charge in [0.15, 0.2) is 0 Å². The van der Waals surface area contributed by atoms with Gasteiger partial charge in [0, 0.05) is 45.3 Å². The van der Waals surface area contributed by atoms with Crippen molar-refractivity contribution >= 4 is 34.7 Å². The molecule has 3 aromatic carbocycles. The summed E-state index contributed by atoms with van der Waals surface area (Å²) >= 11 is 0. The molecule has 2 N–H and O–H groups in total. The highest BCUT2D eigenvalue weighted by Gasteiger charge is 2.26. The van der Waals surface area contributed by atoms with Gasteiger partial charge in [-0.15, -0.1) is 0 Å². The van der Waals surface area contributed by atoms with Crippen LogP contribution in [0.1, 0.15) is 18.1 Å². The summed E-state index contributed by atoms with van der Waals surface area (Å²) in [4.78, 5) is 31.4. The third-order valence-corrected chi connectivity index (χ3v) is 5.26. The Hall–Kier alpha value is -3.84. The van der Waals surface area contributed by atoms with Crippen LogP contribution in [0.4, 0.5) is 27.5 Å². The van der Waals surface area contributed by atoms with Crippen LogP contribution in [0.3, 0.4) is 0 Å². The number of aliphatic hydroxyl groups excluding tert-OH is 1. The van der Waals surface area contributed by atoms with Crippen molar-refractivity contribution in [1.29, 1.82) is 0 Å². The highest BCUT2D eigenvalue weighted by atomic mass is 16.3. The minimum atomic E-state index is -1.02. The van der Waals surface area contributed by atoms with Gasteiger partial charge in [-0.1, -0.05) is 30.3 Å². The number of carbonyl (C=O) groups is 2. The van der Waals surface area contributed by atoms with Crippen LogP contribution in [0.25, 0.3) is 0 Å². The van der Waals surface area contributed by atoms with E-state index in [-0.39, 0.29) is 6.42 Å². The molecule has 0 bridgehead atoms. The zero-order valence-corrected chi connectivity index (χ0v) is 19.4. The summed E-state index contributed by atoms with van der Waals surface area (Å²) in [6, 6.07) is 22.8. The molecule has 0 saturated heterocycles. The highest BCUT2D eigenvalue weighted by molar-refractivity contribution is 6.18. The van der Waals surface area contributed by atoms with E-state index in [2.05, 4.69) is 5.32 Å². The topological polar surface area (TPSA) is 76.1 Å². The van der Waals surface area contributed by atoms with E-state index in [0.717, 1.165) is 16.3 Å². The number of hydrogen-bond acceptors (Lipinski definition) is 5. The first kappa shape index (κ1) is 23.8. The number of nitrogens with zero attached hydrogens (tertiary/aromatic N) is 3. The lowest BCUT2D eigenvalue weighted by atomic mass is 10.1. The van der Waals surface area contributed by atoms with Gasteiger partial charge in [0.1, 0.15) is 0 Å². The number of carbonyl (C=O) groups excluding carboxylic acids is 2. The Bertz CT molecular complexity index is 1060. The van der Waals surface area contributed by atoms with E-state index in [9.17, 15) is 14.7 Å². The van der Waals surface area contributed by atoms with Crippen LogP contribution in [0.5, 0.6) is 0 Å². The lowest BCUT2D eigenvalue weighted by Gasteiger charge is -2.24. The van der Waals surface area contributed by atoms with Gasteiger partial charge in [-0.25, -0.2) is 9.69 Å². The lowest BCUT2D eigenvalue weighted by Crippen LogP contribution is -2.40. The number of anilines is 4. The summed E-state index contributed by atoms with van der Waals surface area (Å²) in [5, 5.41) is 13.4. The number of amides is 3. The number of urea groups is 1. The zero-order valence-electron chi connectivity index (χ0n) is 19.4. The molecular weight excluding hydrogens is 416 g/mol. The number of benzene rings is 3. The first-order chi connectivity index (χ1) is 15.8. The van der Waals surface area contributed by atoms with Gasteiger partial charge in [0.05, 0.1) is 18.2 Å². The average Bonchev–Trinajstić information content (AvgIpc) is 2.80. The van der Waals surface area contributed by atoms with Gasteiger partial charge in [0.2, 0.25) is 5.91 Å². The Morgan fingerprint density at radius 2 is 1.24 bits per heavy atom. The predicted octanol–water partition coefficient (Wildman–Crippen LogP) is 4.51. The molecule has 0 fully saturated rings. The smallest absolute Gasteiger partial charge is 0.333 e. The maximum absolute atomic E-state index is 13.2. The standard InChI is InChI=1S/C26H30N4O3/c1-28(2)21-12-10-20(11-13-21)27-26(33)30(23-16-14-22(15-17-23)29(3)4)25(32)18-24(31)19-8-6-5-7-9-19/h5-17,24,31H,18H2,1-4H3,(H,27,33)/t24-/m1/s1. The fourth-order valence-electron chi connectivity index (χ4n) is 3.35.